The summed E-state index contributed by atoms with van der Waals surface area (Å²) in [6.45, 7) is 6.15. The lowest BCUT2D eigenvalue weighted by Gasteiger charge is -2.31. The van der Waals surface area contributed by atoms with Crippen LogP contribution in [0, 0.1) is 11.3 Å². The van der Waals surface area contributed by atoms with Gasteiger partial charge in [0, 0.05) is 19.6 Å². The molecule has 1 aliphatic rings. The maximum atomic E-state index is 8.83. The molecular formula is C9H17N3. The van der Waals surface area contributed by atoms with Crippen LogP contribution >= 0.6 is 0 Å². The topological polar surface area (TPSA) is 39.1 Å². The molecule has 1 heterocycles. The van der Waals surface area contributed by atoms with Gasteiger partial charge in [-0.2, -0.15) is 5.26 Å². The molecule has 68 valence electrons. The van der Waals surface area contributed by atoms with Gasteiger partial charge in [-0.25, -0.2) is 0 Å². The van der Waals surface area contributed by atoms with Gasteiger partial charge in [0.05, 0.1) is 6.07 Å². The molecule has 0 bridgehead atoms. The van der Waals surface area contributed by atoms with Gasteiger partial charge in [-0.05, 0) is 13.0 Å². The SMILES string of the molecule is CCCCN1CCNCC1C#N. The summed E-state index contributed by atoms with van der Waals surface area (Å²) in [6, 6.07) is 2.43. The van der Waals surface area contributed by atoms with Crippen molar-refractivity contribution in [3.05, 3.63) is 0 Å². The van der Waals surface area contributed by atoms with E-state index >= 15 is 0 Å². The van der Waals surface area contributed by atoms with Gasteiger partial charge in [0.1, 0.15) is 6.04 Å². The molecular weight excluding hydrogens is 150 g/mol. The van der Waals surface area contributed by atoms with Crippen LogP contribution in [-0.2, 0) is 0 Å². The molecule has 3 nitrogen and oxygen atoms in total. The monoisotopic (exact) mass is 167 g/mol. The molecule has 1 atom stereocenters. The van der Waals surface area contributed by atoms with E-state index in [1.807, 2.05) is 0 Å². The van der Waals surface area contributed by atoms with Crippen LogP contribution < -0.4 is 5.32 Å². The molecule has 0 amide bonds. The Bertz CT molecular complexity index is 162. The highest BCUT2D eigenvalue weighted by Gasteiger charge is 2.20. The minimum absolute atomic E-state index is 0.102. The van der Waals surface area contributed by atoms with E-state index in [0.717, 1.165) is 26.2 Å². The van der Waals surface area contributed by atoms with Gasteiger partial charge in [0.2, 0.25) is 0 Å². The Hall–Kier alpha value is -0.590. The number of piperazine rings is 1. The molecule has 0 aliphatic carbocycles. The first-order valence-corrected chi connectivity index (χ1v) is 4.73. The van der Waals surface area contributed by atoms with Crippen molar-refractivity contribution >= 4 is 0 Å². The van der Waals surface area contributed by atoms with Crippen LogP contribution in [0.15, 0.2) is 0 Å². The van der Waals surface area contributed by atoms with Crippen LogP contribution in [0.1, 0.15) is 19.8 Å². The molecule has 1 unspecified atom stereocenters. The summed E-state index contributed by atoms with van der Waals surface area (Å²) in [5.74, 6) is 0. The summed E-state index contributed by atoms with van der Waals surface area (Å²) in [4.78, 5) is 2.28. The van der Waals surface area contributed by atoms with Gasteiger partial charge in [-0.3, -0.25) is 4.90 Å². The Kier molecular flexibility index (Phi) is 4.06. The van der Waals surface area contributed by atoms with Crippen LogP contribution in [0.25, 0.3) is 0 Å². The molecule has 1 saturated heterocycles. The number of hydrogen-bond acceptors (Lipinski definition) is 3. The predicted octanol–water partition coefficient (Wildman–Crippen LogP) is 0.584. The molecule has 0 radical (unpaired) electrons. The molecule has 0 spiro atoms. The van der Waals surface area contributed by atoms with Crippen molar-refractivity contribution in [1.29, 1.82) is 5.26 Å². The van der Waals surface area contributed by atoms with E-state index in [1.54, 1.807) is 0 Å². The normalized spacial score (nSPS) is 25.2. The predicted molar refractivity (Wildman–Crippen MR) is 48.8 cm³/mol. The lowest BCUT2D eigenvalue weighted by molar-refractivity contribution is 0.195. The Morgan fingerprint density at radius 3 is 3.17 bits per heavy atom. The number of nitriles is 1. The van der Waals surface area contributed by atoms with Crippen LogP contribution in [0.5, 0.6) is 0 Å². The van der Waals surface area contributed by atoms with Crippen LogP contribution in [0.3, 0.4) is 0 Å². The first-order chi connectivity index (χ1) is 5.88. The van der Waals surface area contributed by atoms with E-state index in [2.05, 4.69) is 23.2 Å². The van der Waals surface area contributed by atoms with Crippen molar-refractivity contribution in [3.63, 3.8) is 0 Å². The zero-order valence-electron chi connectivity index (χ0n) is 7.71. The number of hydrogen-bond donors (Lipinski definition) is 1. The fraction of sp³-hybridized carbons (Fsp3) is 0.889. The van der Waals surface area contributed by atoms with Crippen LogP contribution in [-0.4, -0.2) is 37.1 Å². The lowest BCUT2D eigenvalue weighted by Crippen LogP contribution is -2.50. The zero-order valence-corrected chi connectivity index (χ0v) is 7.71. The van der Waals surface area contributed by atoms with Gasteiger partial charge in [0.25, 0.3) is 0 Å². The molecule has 0 aromatic rings. The fourth-order valence-corrected chi connectivity index (χ4v) is 1.50. The molecule has 0 aromatic carbocycles. The summed E-state index contributed by atoms with van der Waals surface area (Å²) in [5.41, 5.74) is 0. The Morgan fingerprint density at radius 2 is 2.50 bits per heavy atom. The Balaban J connectivity index is 2.32. The Labute approximate surface area is 74.4 Å². The minimum Gasteiger partial charge on any atom is -0.313 e. The van der Waals surface area contributed by atoms with Crippen LogP contribution in [0.4, 0.5) is 0 Å². The smallest absolute Gasteiger partial charge is 0.110 e. The third-order valence-corrected chi connectivity index (χ3v) is 2.30. The molecule has 0 saturated carbocycles. The Morgan fingerprint density at radius 1 is 1.67 bits per heavy atom. The highest BCUT2D eigenvalue weighted by molar-refractivity contribution is 4.95. The van der Waals surface area contributed by atoms with Gasteiger partial charge >= 0.3 is 0 Å². The minimum atomic E-state index is 0.102. The molecule has 3 heteroatoms. The van der Waals surface area contributed by atoms with E-state index in [1.165, 1.54) is 12.8 Å². The maximum absolute atomic E-state index is 8.83. The van der Waals surface area contributed by atoms with Crippen molar-refractivity contribution in [2.75, 3.05) is 26.2 Å². The highest BCUT2D eigenvalue weighted by Crippen LogP contribution is 2.03. The second kappa shape index (κ2) is 5.13. The van der Waals surface area contributed by atoms with E-state index < -0.39 is 0 Å². The van der Waals surface area contributed by atoms with Crippen molar-refractivity contribution in [2.24, 2.45) is 0 Å². The first-order valence-electron chi connectivity index (χ1n) is 4.73. The van der Waals surface area contributed by atoms with Crippen molar-refractivity contribution in [2.45, 2.75) is 25.8 Å². The van der Waals surface area contributed by atoms with Gasteiger partial charge in [-0.1, -0.05) is 13.3 Å². The standard InChI is InChI=1S/C9H17N3/c1-2-3-5-12-6-4-11-8-9(12)7-10/h9,11H,2-6,8H2,1H3. The first kappa shape index (κ1) is 9.50. The average molecular weight is 167 g/mol. The van der Waals surface area contributed by atoms with Crippen LogP contribution in [0.2, 0.25) is 0 Å². The van der Waals surface area contributed by atoms with E-state index in [9.17, 15) is 0 Å². The summed E-state index contributed by atoms with van der Waals surface area (Å²) in [6.07, 6.45) is 2.42. The van der Waals surface area contributed by atoms with E-state index in [-0.39, 0.29) is 6.04 Å². The van der Waals surface area contributed by atoms with E-state index in [4.69, 9.17) is 5.26 Å². The second-order valence-corrected chi connectivity index (χ2v) is 3.24. The molecule has 1 rings (SSSR count). The lowest BCUT2D eigenvalue weighted by atomic mass is 10.2. The summed E-state index contributed by atoms with van der Waals surface area (Å²) >= 11 is 0. The second-order valence-electron chi connectivity index (χ2n) is 3.24. The number of rotatable bonds is 3. The average Bonchev–Trinajstić information content (AvgIpc) is 2.15. The molecule has 1 aliphatic heterocycles. The molecule has 1 N–H and O–H groups in total. The summed E-state index contributed by atoms with van der Waals surface area (Å²) < 4.78 is 0. The third kappa shape index (κ3) is 2.47. The van der Waals surface area contributed by atoms with Gasteiger partial charge < -0.3 is 5.32 Å². The highest BCUT2D eigenvalue weighted by atomic mass is 15.2. The zero-order chi connectivity index (χ0) is 8.81. The number of nitrogens with zero attached hydrogens (tertiary/aromatic N) is 2. The molecule has 0 aromatic heterocycles. The quantitative estimate of drug-likeness (QED) is 0.668. The van der Waals surface area contributed by atoms with Crippen molar-refractivity contribution < 1.29 is 0 Å². The van der Waals surface area contributed by atoms with Crippen molar-refractivity contribution in [3.8, 4) is 6.07 Å². The molecule has 1 fully saturated rings. The summed E-state index contributed by atoms with van der Waals surface area (Å²) in [5, 5.41) is 12.1. The van der Waals surface area contributed by atoms with Crippen molar-refractivity contribution in [1.82, 2.24) is 10.2 Å². The van der Waals surface area contributed by atoms with Gasteiger partial charge in [-0.15, -0.1) is 0 Å². The maximum Gasteiger partial charge on any atom is 0.110 e. The number of nitrogens with one attached hydrogen (secondary N) is 1. The number of unbranched alkanes of at least 4 members (excludes halogenated alkanes) is 1. The summed E-state index contributed by atoms with van der Waals surface area (Å²) in [7, 11) is 0. The van der Waals surface area contributed by atoms with Gasteiger partial charge in [0.15, 0.2) is 0 Å². The molecule has 12 heavy (non-hydrogen) atoms. The van der Waals surface area contributed by atoms with E-state index in [0.29, 0.717) is 0 Å². The fourth-order valence-electron chi connectivity index (χ4n) is 1.50. The largest absolute Gasteiger partial charge is 0.313 e. The third-order valence-electron chi connectivity index (χ3n) is 2.30.